The van der Waals surface area contributed by atoms with Crippen LogP contribution in [0.4, 0.5) is 4.79 Å². The number of rotatable bonds is 4. The molecule has 0 radical (unpaired) electrons. The quantitative estimate of drug-likeness (QED) is 0.692. The Labute approximate surface area is 125 Å². The zero-order chi connectivity index (χ0) is 15.2. The summed E-state index contributed by atoms with van der Waals surface area (Å²) in [4.78, 5) is 23.4. The first-order valence-corrected chi connectivity index (χ1v) is 7.92. The van der Waals surface area contributed by atoms with Crippen molar-refractivity contribution in [3.8, 4) is 0 Å². The van der Waals surface area contributed by atoms with Crippen LogP contribution in [0.15, 0.2) is 0 Å². The largest absolute Gasteiger partial charge is 0.481 e. The molecule has 2 fully saturated rings. The Morgan fingerprint density at radius 1 is 1.05 bits per heavy atom. The summed E-state index contributed by atoms with van der Waals surface area (Å²) in [6.07, 6.45) is 7.27. The Kier molecular flexibility index (Phi) is 5.85. The zero-order valence-electron chi connectivity index (χ0n) is 12.6. The highest BCUT2D eigenvalue weighted by Crippen LogP contribution is 2.24. The third-order valence-electron chi connectivity index (χ3n) is 4.70. The van der Waals surface area contributed by atoms with Crippen LogP contribution in [0.1, 0.15) is 51.4 Å². The van der Waals surface area contributed by atoms with Gasteiger partial charge in [0.1, 0.15) is 0 Å². The molecule has 0 spiro atoms. The minimum absolute atomic E-state index is 0.129. The summed E-state index contributed by atoms with van der Waals surface area (Å²) >= 11 is 0. The minimum atomic E-state index is -0.803. The molecule has 21 heavy (non-hydrogen) atoms. The van der Waals surface area contributed by atoms with Gasteiger partial charge in [0.15, 0.2) is 0 Å². The summed E-state index contributed by atoms with van der Waals surface area (Å²) < 4.78 is 5.29. The highest BCUT2D eigenvalue weighted by atomic mass is 16.5. The third-order valence-corrected chi connectivity index (χ3v) is 4.70. The summed E-state index contributed by atoms with van der Waals surface area (Å²) in [5, 5.41) is 15.1. The highest BCUT2D eigenvalue weighted by Gasteiger charge is 2.32. The lowest BCUT2D eigenvalue weighted by molar-refractivity contribution is -0.142. The van der Waals surface area contributed by atoms with Gasteiger partial charge in [-0.15, -0.1) is 0 Å². The lowest BCUT2D eigenvalue weighted by Gasteiger charge is -2.24. The topological polar surface area (TPSA) is 87.7 Å². The average Bonchev–Trinajstić information content (AvgIpc) is 2.75. The first-order valence-electron chi connectivity index (χ1n) is 7.92. The molecule has 2 amide bonds. The number of carboxylic acids is 1. The van der Waals surface area contributed by atoms with Crippen molar-refractivity contribution in [1.82, 2.24) is 10.6 Å². The van der Waals surface area contributed by atoms with Crippen molar-refractivity contribution in [2.75, 3.05) is 7.11 Å². The number of hydrogen-bond donors (Lipinski definition) is 3. The minimum Gasteiger partial charge on any atom is -0.481 e. The SMILES string of the molecule is COC1CCC(NC(=O)NC2CCCCCC2C(=O)O)C1. The first-order chi connectivity index (χ1) is 10.1. The molecule has 4 atom stereocenters. The molecule has 0 aromatic rings. The van der Waals surface area contributed by atoms with Gasteiger partial charge in [0.25, 0.3) is 0 Å². The van der Waals surface area contributed by atoms with Crippen molar-refractivity contribution in [3.63, 3.8) is 0 Å². The number of aliphatic carboxylic acids is 1. The average molecular weight is 298 g/mol. The molecule has 120 valence electrons. The van der Waals surface area contributed by atoms with E-state index in [2.05, 4.69) is 10.6 Å². The second-order valence-corrected chi connectivity index (χ2v) is 6.17. The molecule has 0 aliphatic heterocycles. The number of carbonyl (C=O) groups is 2. The molecule has 2 aliphatic carbocycles. The van der Waals surface area contributed by atoms with E-state index in [0.717, 1.165) is 44.9 Å². The summed E-state index contributed by atoms with van der Waals surface area (Å²) in [7, 11) is 1.69. The molecule has 0 aromatic heterocycles. The van der Waals surface area contributed by atoms with Crippen molar-refractivity contribution in [2.24, 2.45) is 5.92 Å². The Balaban J connectivity index is 1.83. The van der Waals surface area contributed by atoms with Gasteiger partial charge in [-0.2, -0.15) is 0 Å². The van der Waals surface area contributed by atoms with Crippen LogP contribution in [0.25, 0.3) is 0 Å². The van der Waals surface area contributed by atoms with E-state index in [0.29, 0.717) is 6.42 Å². The van der Waals surface area contributed by atoms with Gasteiger partial charge in [-0.1, -0.05) is 19.3 Å². The normalized spacial score (nSPS) is 33.2. The number of methoxy groups -OCH3 is 1. The van der Waals surface area contributed by atoms with Crippen molar-refractivity contribution < 1.29 is 19.4 Å². The van der Waals surface area contributed by atoms with Crippen LogP contribution in [0.3, 0.4) is 0 Å². The summed E-state index contributed by atoms with van der Waals surface area (Å²) in [6.45, 7) is 0. The van der Waals surface area contributed by atoms with E-state index < -0.39 is 11.9 Å². The molecular weight excluding hydrogens is 272 g/mol. The lowest BCUT2D eigenvalue weighted by atomic mass is 9.95. The van der Waals surface area contributed by atoms with Crippen LogP contribution < -0.4 is 10.6 Å². The summed E-state index contributed by atoms with van der Waals surface area (Å²) in [5.74, 6) is -1.27. The van der Waals surface area contributed by atoms with Gasteiger partial charge in [0.05, 0.1) is 12.0 Å². The zero-order valence-corrected chi connectivity index (χ0v) is 12.6. The number of ether oxygens (including phenoxy) is 1. The number of carboxylic acid groups (broad SMARTS) is 1. The van der Waals surface area contributed by atoms with Crippen LogP contribution in [0, 0.1) is 5.92 Å². The fourth-order valence-electron chi connectivity index (χ4n) is 3.46. The van der Waals surface area contributed by atoms with E-state index in [1.807, 2.05) is 0 Å². The van der Waals surface area contributed by atoms with Gasteiger partial charge in [0.2, 0.25) is 0 Å². The highest BCUT2D eigenvalue weighted by molar-refractivity contribution is 5.77. The standard InChI is InChI=1S/C15H26N2O4/c1-21-11-8-7-10(9-11)16-15(20)17-13-6-4-2-3-5-12(13)14(18)19/h10-13H,2-9H2,1H3,(H,18,19)(H2,16,17,20). The van der Waals surface area contributed by atoms with Crippen LogP contribution in [-0.2, 0) is 9.53 Å². The maximum Gasteiger partial charge on any atom is 0.315 e. The van der Waals surface area contributed by atoms with E-state index >= 15 is 0 Å². The lowest BCUT2D eigenvalue weighted by Crippen LogP contribution is -2.49. The maximum atomic E-state index is 12.1. The Hall–Kier alpha value is -1.30. The molecule has 0 aromatic carbocycles. The van der Waals surface area contributed by atoms with Gasteiger partial charge in [-0.3, -0.25) is 4.79 Å². The van der Waals surface area contributed by atoms with Crippen LogP contribution in [0.2, 0.25) is 0 Å². The van der Waals surface area contributed by atoms with E-state index in [-0.39, 0.29) is 24.2 Å². The van der Waals surface area contributed by atoms with E-state index in [4.69, 9.17) is 4.74 Å². The number of amides is 2. The van der Waals surface area contributed by atoms with Gasteiger partial charge >= 0.3 is 12.0 Å². The monoisotopic (exact) mass is 298 g/mol. The van der Waals surface area contributed by atoms with Crippen LogP contribution >= 0.6 is 0 Å². The van der Waals surface area contributed by atoms with Gasteiger partial charge < -0.3 is 20.5 Å². The van der Waals surface area contributed by atoms with E-state index in [1.165, 1.54) is 0 Å². The number of carbonyl (C=O) groups excluding carboxylic acids is 1. The molecule has 0 heterocycles. The van der Waals surface area contributed by atoms with Crippen LogP contribution in [0.5, 0.6) is 0 Å². The smallest absolute Gasteiger partial charge is 0.315 e. The molecule has 4 unspecified atom stereocenters. The molecule has 2 aliphatic rings. The summed E-state index contributed by atoms with van der Waals surface area (Å²) in [5.41, 5.74) is 0. The van der Waals surface area contributed by atoms with Gasteiger partial charge in [0, 0.05) is 19.2 Å². The second kappa shape index (κ2) is 7.64. The fourth-order valence-corrected chi connectivity index (χ4v) is 3.46. The predicted octanol–water partition coefficient (Wildman–Crippen LogP) is 1.89. The molecule has 2 rings (SSSR count). The van der Waals surface area contributed by atoms with Crippen molar-refractivity contribution in [2.45, 2.75) is 69.6 Å². The van der Waals surface area contributed by atoms with Crippen molar-refractivity contribution in [3.05, 3.63) is 0 Å². The van der Waals surface area contributed by atoms with E-state index in [1.54, 1.807) is 7.11 Å². The van der Waals surface area contributed by atoms with Crippen molar-refractivity contribution >= 4 is 12.0 Å². The molecule has 2 saturated carbocycles. The number of nitrogens with one attached hydrogen (secondary N) is 2. The fraction of sp³-hybridized carbons (Fsp3) is 0.867. The predicted molar refractivity (Wildman–Crippen MR) is 78.1 cm³/mol. The molecule has 6 nitrogen and oxygen atoms in total. The first kappa shape index (κ1) is 16.1. The van der Waals surface area contributed by atoms with E-state index in [9.17, 15) is 14.7 Å². The second-order valence-electron chi connectivity index (χ2n) is 6.17. The Morgan fingerprint density at radius 2 is 1.81 bits per heavy atom. The summed E-state index contributed by atoms with van der Waals surface area (Å²) in [6, 6.07) is -0.372. The Morgan fingerprint density at radius 3 is 2.48 bits per heavy atom. The number of hydrogen-bond acceptors (Lipinski definition) is 3. The molecule has 0 bridgehead atoms. The third kappa shape index (κ3) is 4.59. The molecule has 3 N–H and O–H groups in total. The van der Waals surface area contributed by atoms with Gasteiger partial charge in [-0.25, -0.2) is 4.79 Å². The van der Waals surface area contributed by atoms with Crippen LogP contribution in [-0.4, -0.2) is 42.4 Å². The Bertz CT molecular complexity index is 375. The molecular formula is C15H26N2O4. The van der Waals surface area contributed by atoms with Crippen molar-refractivity contribution in [1.29, 1.82) is 0 Å². The molecule has 6 heteroatoms. The maximum absolute atomic E-state index is 12.1. The van der Waals surface area contributed by atoms with Gasteiger partial charge in [-0.05, 0) is 32.1 Å². The number of urea groups is 1. The molecule has 0 saturated heterocycles.